The lowest BCUT2D eigenvalue weighted by atomic mass is 9.98. The number of alkyl carbamates (subject to hydrolysis) is 1. The summed E-state index contributed by atoms with van der Waals surface area (Å²) < 4.78 is 6.36. The van der Waals surface area contributed by atoms with Gasteiger partial charge in [0.25, 0.3) is 0 Å². The molecule has 30 heavy (non-hydrogen) atoms. The summed E-state index contributed by atoms with van der Waals surface area (Å²) >= 11 is 3.38. The molecule has 3 aromatic rings. The molecule has 0 aromatic heterocycles. The van der Waals surface area contributed by atoms with Crippen molar-refractivity contribution in [1.29, 1.82) is 0 Å². The molecule has 0 saturated heterocycles. The highest BCUT2D eigenvalue weighted by Crippen LogP contribution is 2.44. The Balaban J connectivity index is 1.48. The third-order valence-corrected chi connectivity index (χ3v) is 5.76. The van der Waals surface area contributed by atoms with Crippen LogP contribution in [0, 0.1) is 0 Å². The van der Waals surface area contributed by atoms with Crippen molar-refractivity contribution in [3.05, 3.63) is 94.0 Å². The Morgan fingerprint density at radius 2 is 1.60 bits per heavy atom. The van der Waals surface area contributed by atoms with Crippen LogP contribution in [0.5, 0.6) is 0 Å². The number of hydrogen-bond donors (Lipinski definition) is 2. The average Bonchev–Trinajstić information content (AvgIpc) is 3.05. The molecular weight excluding hydrogens is 446 g/mol. The summed E-state index contributed by atoms with van der Waals surface area (Å²) in [4.78, 5) is 23.8. The van der Waals surface area contributed by atoms with E-state index in [1.807, 2.05) is 30.3 Å². The van der Waals surface area contributed by atoms with E-state index in [-0.39, 0.29) is 18.9 Å². The van der Waals surface area contributed by atoms with E-state index >= 15 is 0 Å². The molecule has 1 atom stereocenters. The van der Waals surface area contributed by atoms with Crippen LogP contribution in [0.15, 0.2) is 77.3 Å². The van der Waals surface area contributed by atoms with E-state index in [9.17, 15) is 14.7 Å². The molecule has 0 unspecified atom stereocenters. The van der Waals surface area contributed by atoms with Gasteiger partial charge in [-0.05, 0) is 39.9 Å². The number of fused-ring (bicyclic) bond motifs is 3. The molecule has 3 aromatic carbocycles. The fourth-order valence-electron chi connectivity index (χ4n) is 3.93. The number of ether oxygens (including phenoxy) is 1. The quantitative estimate of drug-likeness (QED) is 0.503. The van der Waals surface area contributed by atoms with Crippen molar-refractivity contribution in [2.45, 2.75) is 18.4 Å². The number of hydrogen-bond acceptors (Lipinski definition) is 3. The van der Waals surface area contributed by atoms with Crippen LogP contribution in [0.1, 0.15) is 35.1 Å². The van der Waals surface area contributed by atoms with Gasteiger partial charge in [0.2, 0.25) is 0 Å². The standard InChI is InChI=1S/C24H20BrNO4/c25-16-7-5-6-15(12-16)22(13-23(27)28)26-24(29)30-14-21-19-10-3-1-8-17(19)18-9-2-4-11-20(18)21/h1-12,21-22H,13-14H2,(H,26,29)(H,27,28)/t22-/m0/s1. The molecule has 6 heteroatoms. The topological polar surface area (TPSA) is 75.6 Å². The molecule has 1 aliphatic carbocycles. The highest BCUT2D eigenvalue weighted by atomic mass is 79.9. The molecule has 1 aliphatic rings. The summed E-state index contributed by atoms with van der Waals surface area (Å²) in [5, 5.41) is 11.9. The van der Waals surface area contributed by atoms with Gasteiger partial charge in [-0.3, -0.25) is 4.79 Å². The minimum atomic E-state index is -1.00. The van der Waals surface area contributed by atoms with Crippen molar-refractivity contribution in [3.8, 4) is 11.1 Å². The summed E-state index contributed by atoms with van der Waals surface area (Å²) in [5.41, 5.74) is 5.25. The third-order valence-electron chi connectivity index (χ3n) is 5.27. The van der Waals surface area contributed by atoms with Crippen LogP contribution < -0.4 is 5.32 Å². The van der Waals surface area contributed by atoms with E-state index in [4.69, 9.17) is 4.74 Å². The van der Waals surface area contributed by atoms with Crippen LogP contribution in [0.25, 0.3) is 11.1 Å². The summed E-state index contributed by atoms with van der Waals surface area (Å²) in [6.07, 6.45) is -0.871. The van der Waals surface area contributed by atoms with E-state index in [0.717, 1.165) is 26.7 Å². The number of rotatable bonds is 6. The van der Waals surface area contributed by atoms with Gasteiger partial charge in [-0.15, -0.1) is 0 Å². The van der Waals surface area contributed by atoms with Gasteiger partial charge < -0.3 is 15.2 Å². The Labute approximate surface area is 182 Å². The predicted octanol–water partition coefficient (Wildman–Crippen LogP) is 5.50. The first-order valence-electron chi connectivity index (χ1n) is 9.61. The van der Waals surface area contributed by atoms with Crippen molar-refractivity contribution in [2.24, 2.45) is 0 Å². The fourth-order valence-corrected chi connectivity index (χ4v) is 4.35. The van der Waals surface area contributed by atoms with Gasteiger partial charge >= 0.3 is 12.1 Å². The molecule has 0 heterocycles. The van der Waals surface area contributed by atoms with Gasteiger partial charge in [-0.25, -0.2) is 4.79 Å². The molecule has 0 spiro atoms. The number of carboxylic acid groups (broad SMARTS) is 1. The Morgan fingerprint density at radius 3 is 2.20 bits per heavy atom. The minimum Gasteiger partial charge on any atom is -0.481 e. The summed E-state index contributed by atoms with van der Waals surface area (Å²) in [5.74, 6) is -1.05. The van der Waals surface area contributed by atoms with Crippen molar-refractivity contribution >= 4 is 28.0 Å². The lowest BCUT2D eigenvalue weighted by molar-refractivity contribution is -0.137. The number of nitrogens with one attached hydrogen (secondary N) is 1. The largest absolute Gasteiger partial charge is 0.481 e. The second-order valence-electron chi connectivity index (χ2n) is 7.18. The van der Waals surface area contributed by atoms with Crippen molar-refractivity contribution in [3.63, 3.8) is 0 Å². The first-order valence-corrected chi connectivity index (χ1v) is 10.4. The normalized spacial score (nSPS) is 13.2. The molecule has 5 nitrogen and oxygen atoms in total. The van der Waals surface area contributed by atoms with Crippen LogP contribution in [0.3, 0.4) is 0 Å². The van der Waals surface area contributed by atoms with Gasteiger partial charge in [-0.2, -0.15) is 0 Å². The molecule has 0 radical (unpaired) electrons. The molecule has 2 N–H and O–H groups in total. The molecule has 4 rings (SSSR count). The van der Waals surface area contributed by atoms with Gasteiger partial charge in [0.1, 0.15) is 6.61 Å². The van der Waals surface area contributed by atoms with Crippen LogP contribution in [0.4, 0.5) is 4.79 Å². The highest BCUT2D eigenvalue weighted by molar-refractivity contribution is 9.10. The van der Waals surface area contributed by atoms with E-state index in [2.05, 4.69) is 45.5 Å². The zero-order chi connectivity index (χ0) is 21.1. The molecule has 0 aliphatic heterocycles. The maximum Gasteiger partial charge on any atom is 0.407 e. The number of carbonyl (C=O) groups excluding carboxylic acids is 1. The van der Waals surface area contributed by atoms with E-state index in [1.54, 1.807) is 18.2 Å². The number of benzene rings is 3. The average molecular weight is 466 g/mol. The Hall–Kier alpha value is -3.12. The van der Waals surface area contributed by atoms with Crippen LogP contribution in [0.2, 0.25) is 0 Å². The molecule has 0 saturated carbocycles. The zero-order valence-electron chi connectivity index (χ0n) is 16.0. The monoisotopic (exact) mass is 465 g/mol. The molecule has 0 bridgehead atoms. The summed E-state index contributed by atoms with van der Waals surface area (Å²) in [6, 6.07) is 22.7. The number of amides is 1. The Kier molecular flexibility index (Phi) is 5.86. The van der Waals surface area contributed by atoms with Gasteiger partial charge in [0.15, 0.2) is 0 Å². The molecule has 1 amide bonds. The minimum absolute atomic E-state index is 0.0491. The van der Waals surface area contributed by atoms with Gasteiger partial charge in [0.05, 0.1) is 12.5 Å². The summed E-state index contributed by atoms with van der Waals surface area (Å²) in [6.45, 7) is 0.179. The smallest absolute Gasteiger partial charge is 0.407 e. The fraction of sp³-hybridized carbons (Fsp3) is 0.167. The van der Waals surface area contributed by atoms with Crippen molar-refractivity contribution in [1.82, 2.24) is 5.32 Å². The Bertz CT molecular complexity index is 1050. The van der Waals surface area contributed by atoms with E-state index < -0.39 is 18.1 Å². The molecule has 0 fully saturated rings. The summed E-state index contributed by atoms with van der Waals surface area (Å²) in [7, 11) is 0. The third kappa shape index (κ3) is 4.24. The Morgan fingerprint density at radius 1 is 0.967 bits per heavy atom. The lowest BCUT2D eigenvalue weighted by Crippen LogP contribution is -2.31. The number of aliphatic carboxylic acids is 1. The van der Waals surface area contributed by atoms with E-state index in [0.29, 0.717) is 5.56 Å². The second kappa shape index (κ2) is 8.71. The highest BCUT2D eigenvalue weighted by Gasteiger charge is 2.29. The maximum atomic E-state index is 12.5. The SMILES string of the molecule is O=C(O)C[C@H](NC(=O)OCC1c2ccccc2-c2ccccc21)c1cccc(Br)c1. The first-order chi connectivity index (χ1) is 14.5. The molecule has 152 valence electrons. The number of carbonyl (C=O) groups is 2. The van der Waals surface area contributed by atoms with Crippen LogP contribution in [-0.4, -0.2) is 23.8 Å². The number of carboxylic acids is 1. The first kappa shape index (κ1) is 20.2. The van der Waals surface area contributed by atoms with Gasteiger partial charge in [-0.1, -0.05) is 76.6 Å². The lowest BCUT2D eigenvalue weighted by Gasteiger charge is -2.19. The van der Waals surface area contributed by atoms with E-state index in [1.165, 1.54) is 0 Å². The predicted molar refractivity (Wildman–Crippen MR) is 117 cm³/mol. The zero-order valence-corrected chi connectivity index (χ0v) is 17.6. The van der Waals surface area contributed by atoms with Crippen LogP contribution >= 0.6 is 15.9 Å². The van der Waals surface area contributed by atoms with Crippen LogP contribution in [-0.2, 0) is 9.53 Å². The van der Waals surface area contributed by atoms with Crippen molar-refractivity contribution < 1.29 is 19.4 Å². The molecular formula is C24H20BrNO4. The second-order valence-corrected chi connectivity index (χ2v) is 8.09. The van der Waals surface area contributed by atoms with Crippen molar-refractivity contribution in [2.75, 3.05) is 6.61 Å². The number of halogens is 1. The van der Waals surface area contributed by atoms with Gasteiger partial charge in [0, 0.05) is 10.4 Å². The maximum absolute atomic E-state index is 12.5.